The van der Waals surface area contributed by atoms with E-state index in [0.29, 0.717) is 17.8 Å². The van der Waals surface area contributed by atoms with Gasteiger partial charge in [0.2, 0.25) is 5.91 Å². The van der Waals surface area contributed by atoms with Crippen LogP contribution in [-0.2, 0) is 19.1 Å². The largest absolute Gasteiger partial charge is 0.464 e. The minimum Gasteiger partial charge on any atom is -0.464 e. The first kappa shape index (κ1) is 29.3. The number of rotatable bonds is 14. The number of carbonyl (C=O) groups is 3. The zero-order valence-electron chi connectivity index (χ0n) is 20.6. The van der Waals surface area contributed by atoms with Crippen molar-refractivity contribution in [3.8, 4) is 0 Å². The van der Waals surface area contributed by atoms with Gasteiger partial charge >= 0.3 is 11.9 Å². The van der Waals surface area contributed by atoms with Crippen LogP contribution in [0.3, 0.4) is 0 Å². The van der Waals surface area contributed by atoms with Crippen molar-refractivity contribution >= 4 is 29.2 Å². The molecule has 4 atom stereocenters. The fourth-order valence-electron chi connectivity index (χ4n) is 3.32. The van der Waals surface area contributed by atoms with Crippen LogP contribution in [0.1, 0.15) is 81.9 Å². The van der Waals surface area contributed by atoms with Gasteiger partial charge in [0.25, 0.3) is 0 Å². The molecule has 1 aromatic heterocycles. The van der Waals surface area contributed by atoms with Crippen LogP contribution < -0.4 is 0 Å². The molecule has 0 aliphatic carbocycles. The van der Waals surface area contributed by atoms with E-state index in [-0.39, 0.29) is 37.1 Å². The summed E-state index contributed by atoms with van der Waals surface area (Å²) in [6, 6.07) is -1.55. The van der Waals surface area contributed by atoms with Crippen LogP contribution in [0.5, 0.6) is 0 Å². The highest BCUT2D eigenvalue weighted by molar-refractivity contribution is 7.09. The number of amides is 1. The van der Waals surface area contributed by atoms with Gasteiger partial charge in [-0.05, 0) is 23.8 Å². The third-order valence-corrected chi connectivity index (χ3v) is 6.50. The first-order valence-corrected chi connectivity index (χ1v) is 12.2. The van der Waals surface area contributed by atoms with Gasteiger partial charge in [0.1, 0.15) is 17.2 Å². The molecule has 190 valence electrons. The molecule has 0 saturated carbocycles. The Morgan fingerprint density at radius 1 is 1.29 bits per heavy atom. The van der Waals surface area contributed by atoms with Gasteiger partial charge in [-0.25, -0.2) is 9.78 Å². The van der Waals surface area contributed by atoms with E-state index >= 15 is 0 Å². The average Bonchev–Trinajstić information content (AvgIpc) is 3.31. The zero-order chi connectivity index (χ0) is 25.8. The SMILES string of the molecule is CCCC(=O)OCN(C(=O)[C@H](N=[N+]=[N-])[C@@H](C)CC)[C@H](C[C@@H](O)c1nc(C(=O)OC)cs1)C(C)C. The Kier molecular flexibility index (Phi) is 12.6. The molecular formula is C22H35N5O6S. The number of azide groups is 1. The Hall–Kier alpha value is -2.69. The number of ether oxygens (including phenoxy) is 2. The van der Waals surface area contributed by atoms with Gasteiger partial charge in [0, 0.05) is 29.2 Å². The highest BCUT2D eigenvalue weighted by atomic mass is 32.1. The molecule has 0 fully saturated rings. The van der Waals surface area contributed by atoms with Gasteiger partial charge < -0.3 is 19.5 Å². The van der Waals surface area contributed by atoms with Crippen LogP contribution in [0.25, 0.3) is 10.4 Å². The first-order valence-electron chi connectivity index (χ1n) is 11.3. The summed E-state index contributed by atoms with van der Waals surface area (Å²) in [5.41, 5.74) is 9.11. The highest BCUT2D eigenvalue weighted by Gasteiger charge is 2.35. The Balaban J connectivity index is 3.26. The smallest absolute Gasteiger partial charge is 0.357 e. The minimum atomic E-state index is -1.08. The molecular weight excluding hydrogens is 462 g/mol. The molecule has 0 saturated heterocycles. The van der Waals surface area contributed by atoms with Crippen molar-refractivity contribution < 1.29 is 29.0 Å². The number of hydrogen-bond acceptors (Lipinski definition) is 9. The van der Waals surface area contributed by atoms with Gasteiger partial charge in [0.05, 0.1) is 7.11 Å². The Morgan fingerprint density at radius 2 is 1.97 bits per heavy atom. The molecule has 1 heterocycles. The number of aliphatic hydroxyl groups is 1. The zero-order valence-corrected chi connectivity index (χ0v) is 21.4. The maximum Gasteiger partial charge on any atom is 0.357 e. The normalized spacial score (nSPS) is 14.5. The number of aliphatic hydroxyl groups excluding tert-OH is 1. The monoisotopic (exact) mass is 497 g/mol. The molecule has 1 rings (SSSR count). The molecule has 0 aliphatic heterocycles. The van der Waals surface area contributed by atoms with Crippen molar-refractivity contribution in [3.63, 3.8) is 0 Å². The number of thiazole rings is 1. The van der Waals surface area contributed by atoms with Gasteiger partial charge in [0.15, 0.2) is 12.4 Å². The lowest BCUT2D eigenvalue weighted by atomic mass is 9.93. The predicted molar refractivity (Wildman–Crippen MR) is 127 cm³/mol. The molecule has 0 bridgehead atoms. The van der Waals surface area contributed by atoms with Crippen LogP contribution in [0.4, 0.5) is 0 Å². The second-order valence-corrected chi connectivity index (χ2v) is 9.25. The number of nitrogens with zero attached hydrogens (tertiary/aromatic N) is 5. The second-order valence-electron chi connectivity index (χ2n) is 8.36. The Morgan fingerprint density at radius 3 is 2.50 bits per heavy atom. The average molecular weight is 498 g/mol. The summed E-state index contributed by atoms with van der Waals surface area (Å²) >= 11 is 1.11. The molecule has 0 aliphatic rings. The molecule has 11 nitrogen and oxygen atoms in total. The fourth-order valence-corrected chi connectivity index (χ4v) is 4.11. The summed E-state index contributed by atoms with van der Waals surface area (Å²) < 4.78 is 10.0. The van der Waals surface area contributed by atoms with Gasteiger partial charge in [-0.3, -0.25) is 9.59 Å². The highest BCUT2D eigenvalue weighted by Crippen LogP contribution is 2.29. The summed E-state index contributed by atoms with van der Waals surface area (Å²) in [6.45, 7) is 8.95. The lowest BCUT2D eigenvalue weighted by molar-refractivity contribution is -0.158. The quantitative estimate of drug-likeness (QED) is 0.132. The van der Waals surface area contributed by atoms with E-state index in [2.05, 4.69) is 19.7 Å². The number of carbonyl (C=O) groups excluding carboxylic acids is 3. The van der Waals surface area contributed by atoms with Crippen molar-refractivity contribution in [2.45, 2.75) is 78.5 Å². The van der Waals surface area contributed by atoms with E-state index in [1.54, 1.807) is 0 Å². The Bertz CT molecular complexity index is 870. The molecule has 0 spiro atoms. The van der Waals surface area contributed by atoms with E-state index in [1.165, 1.54) is 17.4 Å². The molecule has 0 radical (unpaired) electrons. The molecule has 0 aromatic carbocycles. The van der Waals surface area contributed by atoms with Crippen molar-refractivity contribution in [2.24, 2.45) is 17.0 Å². The Labute approximate surface area is 204 Å². The van der Waals surface area contributed by atoms with Gasteiger partial charge in [-0.15, -0.1) is 11.3 Å². The topological polar surface area (TPSA) is 155 Å². The number of hydrogen-bond donors (Lipinski definition) is 1. The first-order chi connectivity index (χ1) is 16.1. The van der Waals surface area contributed by atoms with Crippen LogP contribution in [0.2, 0.25) is 0 Å². The molecule has 12 heteroatoms. The van der Waals surface area contributed by atoms with E-state index in [9.17, 15) is 19.5 Å². The van der Waals surface area contributed by atoms with Crippen LogP contribution >= 0.6 is 11.3 Å². The van der Waals surface area contributed by atoms with E-state index < -0.39 is 36.0 Å². The van der Waals surface area contributed by atoms with Crippen molar-refractivity contribution in [1.29, 1.82) is 0 Å². The predicted octanol–water partition coefficient (Wildman–Crippen LogP) is 4.23. The van der Waals surface area contributed by atoms with Crippen LogP contribution in [-0.4, -0.2) is 58.8 Å². The van der Waals surface area contributed by atoms with Crippen LogP contribution in [0, 0.1) is 11.8 Å². The van der Waals surface area contributed by atoms with Crippen molar-refractivity contribution in [1.82, 2.24) is 9.88 Å². The molecule has 1 aromatic rings. The molecule has 0 unspecified atom stereocenters. The third-order valence-electron chi connectivity index (χ3n) is 5.55. The van der Waals surface area contributed by atoms with E-state index in [1.807, 2.05) is 34.6 Å². The minimum absolute atomic E-state index is 0.0757. The summed E-state index contributed by atoms with van der Waals surface area (Å²) in [7, 11) is 1.24. The maximum absolute atomic E-state index is 13.5. The standard InChI is InChI=1S/C22H35N5O6S/c1-7-9-18(29)33-12-27(21(30)19(25-26-23)14(5)8-2)16(13(3)4)10-17(28)20-24-15(11-34-20)22(31)32-6/h11,13-14,16-17,19,28H,7-10,12H2,1-6H3/t14-,16+,17+,19+/m0/s1. The second kappa shape index (κ2) is 14.5. The third kappa shape index (κ3) is 8.27. The maximum atomic E-state index is 13.5. The fraction of sp³-hybridized carbons (Fsp3) is 0.727. The summed E-state index contributed by atoms with van der Waals surface area (Å²) in [4.78, 5) is 45.6. The number of methoxy groups -OCH3 is 1. The number of aromatic nitrogens is 1. The van der Waals surface area contributed by atoms with Gasteiger partial charge in [-0.1, -0.05) is 46.2 Å². The van der Waals surface area contributed by atoms with Gasteiger partial charge in [-0.2, -0.15) is 0 Å². The lowest BCUT2D eigenvalue weighted by Crippen LogP contribution is -2.50. The van der Waals surface area contributed by atoms with Crippen molar-refractivity contribution in [3.05, 3.63) is 26.5 Å². The molecule has 1 N–H and O–H groups in total. The molecule has 1 amide bonds. The van der Waals surface area contributed by atoms with E-state index in [4.69, 9.17) is 10.3 Å². The van der Waals surface area contributed by atoms with E-state index in [0.717, 1.165) is 11.3 Å². The molecule has 34 heavy (non-hydrogen) atoms. The summed E-state index contributed by atoms with van der Waals surface area (Å²) in [5.74, 6) is -1.92. The summed E-state index contributed by atoms with van der Waals surface area (Å²) in [6.07, 6.45) is 0.395. The van der Waals surface area contributed by atoms with Crippen molar-refractivity contribution in [2.75, 3.05) is 13.8 Å². The summed E-state index contributed by atoms with van der Waals surface area (Å²) in [5, 5.41) is 16.4. The number of esters is 2. The lowest BCUT2D eigenvalue weighted by Gasteiger charge is -2.37. The van der Waals surface area contributed by atoms with Crippen LogP contribution in [0.15, 0.2) is 10.5 Å².